The first-order valence-corrected chi connectivity index (χ1v) is 19.4. The van der Waals surface area contributed by atoms with Crippen LogP contribution in [0.15, 0.2) is 113 Å². The fourth-order valence-corrected chi connectivity index (χ4v) is 8.13. The van der Waals surface area contributed by atoms with E-state index < -0.39 is 28.3 Å². The summed E-state index contributed by atoms with van der Waals surface area (Å²) in [5.74, 6) is 0.152. The number of rotatable bonds is 14. The number of nitrogens with zero attached hydrogens (tertiary/aromatic N) is 4. The van der Waals surface area contributed by atoms with Gasteiger partial charge in [-0.1, -0.05) is 115 Å². The average Bonchev–Trinajstić information content (AvgIpc) is 3.58. The minimum Gasteiger partial charge on any atom is -0.392 e. The summed E-state index contributed by atoms with van der Waals surface area (Å²) in [4.78, 5) is 13.6. The van der Waals surface area contributed by atoms with Crippen LogP contribution in [0, 0.1) is 12.8 Å². The lowest BCUT2D eigenvalue weighted by Gasteiger charge is -2.41. The number of aliphatic hydroxyl groups is 1. The van der Waals surface area contributed by atoms with Gasteiger partial charge in [-0.3, -0.25) is 4.79 Å². The van der Waals surface area contributed by atoms with Gasteiger partial charge in [0.25, 0.3) is 0 Å². The molecular weight excluding hydrogens is 701 g/mol. The number of benzene rings is 4. The molecule has 5 atom stereocenters. The highest BCUT2D eigenvalue weighted by atomic mass is 32.2. The van der Waals surface area contributed by atoms with Gasteiger partial charge < -0.3 is 19.9 Å². The molecule has 0 aliphatic carbocycles. The Morgan fingerprint density at radius 2 is 1.58 bits per heavy atom. The first kappa shape index (κ1) is 37.3. The summed E-state index contributed by atoms with van der Waals surface area (Å²) in [5.41, 5.74) is 5.19. The van der Waals surface area contributed by atoms with Crippen LogP contribution in [0.5, 0.6) is 0 Å². The van der Waals surface area contributed by atoms with Crippen LogP contribution in [0.25, 0.3) is 0 Å². The number of aliphatic hydroxyl groups excluding tert-OH is 1. The van der Waals surface area contributed by atoms with Crippen molar-refractivity contribution >= 4 is 27.7 Å². The molecule has 1 fully saturated rings. The highest BCUT2D eigenvalue weighted by molar-refractivity contribution is 7.99. The highest BCUT2D eigenvalue weighted by Gasteiger charge is 2.38. The van der Waals surface area contributed by atoms with Crippen LogP contribution in [0.2, 0.25) is 0 Å². The Hall–Kier alpha value is -4.44. The van der Waals surface area contributed by atoms with Gasteiger partial charge >= 0.3 is 0 Å². The molecule has 0 saturated carbocycles. The summed E-state index contributed by atoms with van der Waals surface area (Å²) in [7, 11) is -2.17. The lowest BCUT2D eigenvalue weighted by atomic mass is 9.91. The number of aryl methyl sites for hydroxylation is 2. The highest BCUT2D eigenvalue weighted by Crippen LogP contribution is 2.42. The van der Waals surface area contributed by atoms with Gasteiger partial charge in [0.1, 0.15) is 6.04 Å². The van der Waals surface area contributed by atoms with Crippen molar-refractivity contribution in [1.82, 2.24) is 30.2 Å². The third kappa shape index (κ3) is 9.31. The number of tetrazole rings is 1. The molecule has 52 heavy (non-hydrogen) atoms. The first-order chi connectivity index (χ1) is 25.1. The molecule has 0 bridgehead atoms. The van der Waals surface area contributed by atoms with E-state index in [4.69, 9.17) is 9.47 Å². The van der Waals surface area contributed by atoms with Gasteiger partial charge in [0.2, 0.25) is 21.1 Å². The van der Waals surface area contributed by atoms with Crippen molar-refractivity contribution in [3.63, 3.8) is 0 Å². The topological polar surface area (TPSA) is 158 Å². The molecule has 1 aliphatic rings. The van der Waals surface area contributed by atoms with Gasteiger partial charge in [-0.25, -0.2) is 13.1 Å². The molecule has 272 valence electrons. The number of sulfonamides is 1. The van der Waals surface area contributed by atoms with E-state index in [2.05, 4.69) is 32.5 Å². The van der Waals surface area contributed by atoms with Crippen molar-refractivity contribution in [3.8, 4) is 0 Å². The predicted molar refractivity (Wildman–Crippen MR) is 196 cm³/mol. The predicted octanol–water partition coefficient (Wildman–Crippen LogP) is 4.80. The summed E-state index contributed by atoms with van der Waals surface area (Å²) >= 11 is 1.51. The average molecular weight is 743 g/mol. The molecule has 0 spiro atoms. The molecule has 1 aromatic heterocycles. The largest absolute Gasteiger partial charge is 0.392 e. The number of hydrogen-bond donors (Lipinski definition) is 3. The lowest BCUT2D eigenvalue weighted by molar-refractivity contribution is -0.268. The number of nitrogens with one attached hydrogen (secondary N) is 2. The SMILES string of the molecule is Cc1ccc(S(=O)(=O)N[C@H](Cc2ccccc2)C(=O)NCc2ccc([C@H]3O[C@@H](CSc4nnnn4C)[C@@H](C)[C@@H](c4ccc(CO)cc4)O3)cc2)cc1. The maximum Gasteiger partial charge on any atom is 0.241 e. The second-order valence-electron chi connectivity index (χ2n) is 12.9. The van der Waals surface area contributed by atoms with Crippen LogP contribution in [0.3, 0.4) is 0 Å². The molecule has 3 N–H and O–H groups in total. The summed E-state index contributed by atoms with van der Waals surface area (Å²) < 4.78 is 43.9. The first-order valence-electron chi connectivity index (χ1n) is 16.9. The Balaban J connectivity index is 1.15. The molecule has 14 heteroatoms. The van der Waals surface area contributed by atoms with Gasteiger partial charge in [-0.15, -0.1) is 5.10 Å². The van der Waals surface area contributed by atoms with Crippen molar-refractivity contribution in [2.24, 2.45) is 13.0 Å². The summed E-state index contributed by atoms with van der Waals surface area (Å²) in [5, 5.41) is 24.9. The number of amides is 1. The normalized spacial score (nSPS) is 19.6. The van der Waals surface area contributed by atoms with Crippen molar-refractivity contribution in [3.05, 3.63) is 137 Å². The van der Waals surface area contributed by atoms with Gasteiger partial charge in [0.15, 0.2) is 6.29 Å². The molecular formula is C38H42N6O6S2. The maximum atomic E-state index is 13.5. The minimum atomic E-state index is -3.96. The third-order valence-electron chi connectivity index (χ3n) is 9.03. The summed E-state index contributed by atoms with van der Waals surface area (Å²) in [6, 6.07) is 30.1. The summed E-state index contributed by atoms with van der Waals surface area (Å²) in [6.07, 6.45) is -0.967. The van der Waals surface area contributed by atoms with Crippen molar-refractivity contribution in [2.45, 2.75) is 68.0 Å². The Morgan fingerprint density at radius 1 is 0.904 bits per heavy atom. The number of carbonyl (C=O) groups excluding carboxylic acids is 1. The van der Waals surface area contributed by atoms with Gasteiger partial charge in [0.05, 0.1) is 23.7 Å². The molecule has 1 saturated heterocycles. The number of thioether (sulfide) groups is 1. The van der Waals surface area contributed by atoms with Crippen molar-refractivity contribution < 1.29 is 27.8 Å². The quantitative estimate of drug-likeness (QED) is 0.135. The van der Waals surface area contributed by atoms with E-state index in [0.717, 1.165) is 33.4 Å². The molecule has 12 nitrogen and oxygen atoms in total. The number of hydrogen-bond acceptors (Lipinski definition) is 10. The number of aromatic nitrogens is 4. The van der Waals surface area contributed by atoms with E-state index in [1.807, 2.05) is 85.8 Å². The Morgan fingerprint density at radius 3 is 2.23 bits per heavy atom. The lowest BCUT2D eigenvalue weighted by Crippen LogP contribution is -2.47. The Labute approximate surface area is 308 Å². The van der Waals surface area contributed by atoms with E-state index in [-0.39, 0.29) is 42.6 Å². The molecule has 0 unspecified atom stereocenters. The van der Waals surface area contributed by atoms with E-state index in [1.165, 1.54) is 23.9 Å². The molecule has 1 amide bonds. The zero-order chi connectivity index (χ0) is 36.7. The molecule has 5 aromatic rings. The van der Waals surface area contributed by atoms with Gasteiger partial charge in [-0.2, -0.15) is 4.72 Å². The Kier molecular flexibility index (Phi) is 12.1. The Bertz CT molecular complexity index is 2030. The summed E-state index contributed by atoms with van der Waals surface area (Å²) in [6.45, 7) is 4.12. The van der Waals surface area contributed by atoms with E-state index in [9.17, 15) is 18.3 Å². The minimum absolute atomic E-state index is 0.00772. The molecule has 4 aromatic carbocycles. The van der Waals surface area contributed by atoms with E-state index in [1.54, 1.807) is 23.9 Å². The van der Waals surface area contributed by atoms with Crippen molar-refractivity contribution in [2.75, 3.05) is 5.75 Å². The van der Waals surface area contributed by atoms with E-state index in [0.29, 0.717) is 10.9 Å². The second kappa shape index (κ2) is 16.9. The van der Waals surface area contributed by atoms with Crippen molar-refractivity contribution in [1.29, 1.82) is 0 Å². The van der Waals surface area contributed by atoms with Gasteiger partial charge in [0, 0.05) is 30.8 Å². The second-order valence-corrected chi connectivity index (χ2v) is 15.6. The maximum absolute atomic E-state index is 13.5. The number of ether oxygens (including phenoxy) is 2. The molecule has 0 radical (unpaired) electrons. The molecule has 1 aliphatic heterocycles. The van der Waals surface area contributed by atoms with Crippen LogP contribution >= 0.6 is 11.8 Å². The van der Waals surface area contributed by atoms with Crippen LogP contribution in [-0.4, -0.2) is 57.5 Å². The van der Waals surface area contributed by atoms with Gasteiger partial charge in [-0.05, 0) is 58.2 Å². The monoisotopic (exact) mass is 742 g/mol. The molecule has 2 heterocycles. The smallest absolute Gasteiger partial charge is 0.241 e. The number of carbonyl (C=O) groups is 1. The van der Waals surface area contributed by atoms with Crippen LogP contribution in [-0.2, 0) is 50.9 Å². The molecule has 6 rings (SSSR count). The zero-order valence-corrected chi connectivity index (χ0v) is 30.8. The van der Waals surface area contributed by atoms with Crippen LogP contribution in [0.1, 0.15) is 52.7 Å². The fraction of sp³-hybridized carbons (Fsp3) is 0.316. The van der Waals surface area contributed by atoms with Crippen LogP contribution < -0.4 is 10.0 Å². The zero-order valence-electron chi connectivity index (χ0n) is 29.1. The van der Waals surface area contributed by atoms with E-state index >= 15 is 0 Å². The van der Waals surface area contributed by atoms with Crippen LogP contribution in [0.4, 0.5) is 0 Å². The standard InChI is InChI=1S/C38H42N6O6S2/c1-25-9-19-32(20-10-25)52(47,48)41-33(21-27-7-5-4-6-8-27)36(46)39-22-28-11-17-31(18-12-28)37-49-34(24-51-38-40-42-43-44(38)3)26(2)35(50-37)30-15-13-29(23-45)14-16-30/h4-20,26,33-35,37,41,45H,21-24H2,1-3H3,(H,39,46)/t26-,33-,34+,35+,37+/m1/s1. The third-order valence-corrected chi connectivity index (χ3v) is 11.6. The fourth-order valence-electron chi connectivity index (χ4n) is 5.93.